The Bertz CT molecular complexity index is 580. The van der Waals surface area contributed by atoms with E-state index in [9.17, 15) is 0 Å². The molecule has 2 atom stereocenters. The maximum atomic E-state index is 6.03. The molecule has 5 heteroatoms. The average molecular weight is 339 g/mol. The van der Waals surface area contributed by atoms with Crippen LogP contribution in [-0.4, -0.2) is 25.8 Å². The normalized spacial score (nSPS) is 24.9. The molecule has 1 aromatic rings. The van der Waals surface area contributed by atoms with E-state index in [4.69, 9.17) is 27.9 Å². The first-order chi connectivity index (χ1) is 10.7. The number of hydrogen-bond acceptors (Lipinski definition) is 3. The first-order valence-corrected chi connectivity index (χ1v) is 8.36. The van der Waals surface area contributed by atoms with Gasteiger partial charge in [-0.3, -0.25) is 0 Å². The average Bonchev–Trinajstić information content (AvgIpc) is 2.57. The van der Waals surface area contributed by atoms with Gasteiger partial charge in [0.1, 0.15) is 0 Å². The molecule has 118 valence electrons. The lowest BCUT2D eigenvalue weighted by molar-refractivity contribution is 0.00350. The second-order valence-corrected chi connectivity index (χ2v) is 6.45. The summed E-state index contributed by atoms with van der Waals surface area (Å²) in [5, 5.41) is 7.99. The summed E-state index contributed by atoms with van der Waals surface area (Å²) in [5.74, 6) is 0.461. The fraction of sp³-hybridized carbons (Fsp3) is 0.412. The van der Waals surface area contributed by atoms with Crippen LogP contribution in [0.15, 0.2) is 42.1 Å². The van der Waals surface area contributed by atoms with E-state index in [0.29, 0.717) is 16.0 Å². The number of rotatable bonds is 4. The minimum Gasteiger partial charge on any atom is -0.381 e. The highest BCUT2D eigenvalue weighted by atomic mass is 35.5. The molecule has 1 aliphatic carbocycles. The number of nitrogens with one attached hydrogen (secondary N) is 2. The maximum absolute atomic E-state index is 6.03. The lowest BCUT2D eigenvalue weighted by Crippen LogP contribution is -2.42. The highest BCUT2D eigenvalue weighted by molar-refractivity contribution is 6.42. The molecule has 1 unspecified atom stereocenters. The minimum absolute atomic E-state index is 0.290. The lowest BCUT2D eigenvalue weighted by atomic mass is 9.93. The second-order valence-electron chi connectivity index (χ2n) is 5.63. The highest BCUT2D eigenvalue weighted by Gasteiger charge is 2.23. The van der Waals surface area contributed by atoms with Crippen molar-refractivity contribution in [3.63, 3.8) is 0 Å². The zero-order chi connectivity index (χ0) is 15.4. The van der Waals surface area contributed by atoms with Crippen molar-refractivity contribution in [3.8, 4) is 0 Å². The summed E-state index contributed by atoms with van der Waals surface area (Å²) >= 11 is 12.0. The molecule has 0 radical (unpaired) electrons. The molecule has 2 aliphatic rings. The number of halogens is 2. The van der Waals surface area contributed by atoms with Gasteiger partial charge in [0.05, 0.1) is 22.8 Å². The Morgan fingerprint density at radius 1 is 1.27 bits per heavy atom. The lowest BCUT2D eigenvalue weighted by Gasteiger charge is -2.30. The predicted octanol–water partition coefficient (Wildman–Crippen LogP) is 3.53. The van der Waals surface area contributed by atoms with Crippen LogP contribution in [0.25, 0.3) is 0 Å². The Labute approximate surface area is 141 Å². The first kappa shape index (κ1) is 15.9. The quantitative estimate of drug-likeness (QED) is 0.880. The van der Waals surface area contributed by atoms with Gasteiger partial charge in [-0.05, 0) is 30.2 Å². The van der Waals surface area contributed by atoms with Crippen molar-refractivity contribution in [1.29, 1.82) is 0 Å². The van der Waals surface area contributed by atoms with E-state index >= 15 is 0 Å². The van der Waals surface area contributed by atoms with Gasteiger partial charge in [0, 0.05) is 31.2 Å². The third-order valence-corrected chi connectivity index (χ3v) is 4.79. The fourth-order valence-corrected chi connectivity index (χ4v) is 3.08. The smallest absolute Gasteiger partial charge is 0.0765 e. The van der Waals surface area contributed by atoms with Gasteiger partial charge >= 0.3 is 0 Å². The van der Waals surface area contributed by atoms with Gasteiger partial charge < -0.3 is 15.4 Å². The molecule has 1 saturated heterocycles. The van der Waals surface area contributed by atoms with Crippen LogP contribution in [0.3, 0.4) is 0 Å². The second kappa shape index (κ2) is 7.51. The number of allylic oxidation sites excluding steroid dienone is 2. The zero-order valence-corrected chi connectivity index (χ0v) is 13.8. The molecule has 3 nitrogen and oxygen atoms in total. The van der Waals surface area contributed by atoms with Crippen LogP contribution in [0.5, 0.6) is 0 Å². The largest absolute Gasteiger partial charge is 0.381 e. The maximum Gasteiger partial charge on any atom is 0.0765 e. The van der Waals surface area contributed by atoms with Crippen molar-refractivity contribution in [3.05, 3.63) is 57.7 Å². The molecule has 2 N–H and O–H groups in total. The van der Waals surface area contributed by atoms with Gasteiger partial charge in [-0.25, -0.2) is 0 Å². The van der Waals surface area contributed by atoms with Crippen LogP contribution in [0.4, 0.5) is 0 Å². The number of morpholine rings is 1. The van der Waals surface area contributed by atoms with Gasteiger partial charge in [-0.1, -0.05) is 41.4 Å². The van der Waals surface area contributed by atoms with E-state index in [1.165, 1.54) is 0 Å². The van der Waals surface area contributed by atoms with Crippen LogP contribution in [0.2, 0.25) is 10.0 Å². The predicted molar refractivity (Wildman–Crippen MR) is 91.2 cm³/mol. The molecule has 0 saturated carbocycles. The molecule has 1 aromatic carbocycles. The summed E-state index contributed by atoms with van der Waals surface area (Å²) in [6.07, 6.45) is 7.92. The van der Waals surface area contributed by atoms with Crippen molar-refractivity contribution < 1.29 is 4.74 Å². The minimum atomic E-state index is 0.290. The highest BCUT2D eigenvalue weighted by Crippen LogP contribution is 2.24. The number of hydrogen-bond donors (Lipinski definition) is 2. The van der Waals surface area contributed by atoms with Crippen LogP contribution in [0.1, 0.15) is 12.0 Å². The van der Waals surface area contributed by atoms with Crippen LogP contribution in [-0.2, 0) is 11.3 Å². The summed E-state index contributed by atoms with van der Waals surface area (Å²) in [6, 6.07) is 5.71. The zero-order valence-electron chi connectivity index (χ0n) is 12.3. The van der Waals surface area contributed by atoms with Gasteiger partial charge in [-0.15, -0.1) is 0 Å². The van der Waals surface area contributed by atoms with Crippen LogP contribution >= 0.6 is 23.2 Å². The van der Waals surface area contributed by atoms with E-state index in [2.05, 4.69) is 28.9 Å². The summed E-state index contributed by atoms with van der Waals surface area (Å²) in [4.78, 5) is 0. The van der Waals surface area contributed by atoms with Gasteiger partial charge in [0.15, 0.2) is 0 Å². The van der Waals surface area contributed by atoms with Gasteiger partial charge in [0.2, 0.25) is 0 Å². The molecule has 1 fully saturated rings. The Balaban J connectivity index is 1.51. The molecular formula is C17H20Cl2N2O. The molecule has 3 rings (SSSR count). The van der Waals surface area contributed by atoms with Crippen LogP contribution in [0, 0.1) is 5.92 Å². The Morgan fingerprint density at radius 2 is 2.18 bits per heavy atom. The third kappa shape index (κ3) is 4.05. The summed E-state index contributed by atoms with van der Waals surface area (Å²) in [5.41, 5.74) is 2.26. The summed E-state index contributed by atoms with van der Waals surface area (Å²) in [7, 11) is 0. The molecule has 22 heavy (non-hydrogen) atoms. The molecule has 0 bridgehead atoms. The summed E-state index contributed by atoms with van der Waals surface area (Å²) in [6.45, 7) is 3.44. The van der Waals surface area contributed by atoms with E-state index in [1.54, 1.807) is 0 Å². The molecule has 0 spiro atoms. The van der Waals surface area contributed by atoms with E-state index < -0.39 is 0 Å². The Kier molecular flexibility index (Phi) is 5.42. The molecule has 0 amide bonds. The van der Waals surface area contributed by atoms with Crippen LogP contribution < -0.4 is 10.6 Å². The molecular weight excluding hydrogens is 319 g/mol. The fourth-order valence-electron chi connectivity index (χ4n) is 2.76. The van der Waals surface area contributed by atoms with Crippen molar-refractivity contribution in [2.45, 2.75) is 19.1 Å². The van der Waals surface area contributed by atoms with Gasteiger partial charge in [0.25, 0.3) is 0 Å². The van der Waals surface area contributed by atoms with Crippen molar-refractivity contribution in [2.75, 3.05) is 19.7 Å². The van der Waals surface area contributed by atoms with Crippen molar-refractivity contribution >= 4 is 23.2 Å². The molecule has 1 aliphatic heterocycles. The van der Waals surface area contributed by atoms with E-state index in [0.717, 1.165) is 43.9 Å². The number of ether oxygens (including phenoxy) is 1. The third-order valence-electron chi connectivity index (χ3n) is 4.05. The topological polar surface area (TPSA) is 33.3 Å². The molecule has 1 heterocycles. The van der Waals surface area contributed by atoms with Gasteiger partial charge in [-0.2, -0.15) is 0 Å². The Hall–Kier alpha value is -1.00. The Morgan fingerprint density at radius 3 is 2.86 bits per heavy atom. The van der Waals surface area contributed by atoms with Crippen molar-refractivity contribution in [2.24, 2.45) is 5.92 Å². The van der Waals surface area contributed by atoms with E-state index in [1.807, 2.05) is 18.2 Å². The molecule has 0 aromatic heterocycles. The van der Waals surface area contributed by atoms with E-state index in [-0.39, 0.29) is 6.10 Å². The van der Waals surface area contributed by atoms with Crippen molar-refractivity contribution in [1.82, 2.24) is 10.6 Å². The SMILES string of the molecule is Clc1ccc(CNC2=CCC([C@H]3CNCCO3)C=C2)cc1Cl. The standard InChI is InChI=1S/C17H20Cl2N2O/c18-15-6-1-12(9-16(15)19)10-21-14-4-2-13(3-5-14)17-11-20-7-8-22-17/h1-2,4-6,9,13,17,20-21H,3,7-8,10-11H2/t13?,17-/m1/s1. The summed E-state index contributed by atoms with van der Waals surface area (Å²) < 4.78 is 5.82. The number of benzene rings is 1. The monoisotopic (exact) mass is 338 g/mol. The first-order valence-electron chi connectivity index (χ1n) is 7.61.